The van der Waals surface area contributed by atoms with Crippen molar-refractivity contribution in [3.63, 3.8) is 0 Å². The van der Waals surface area contributed by atoms with E-state index in [1.807, 2.05) is 19.2 Å². The van der Waals surface area contributed by atoms with E-state index in [0.717, 1.165) is 40.9 Å². The number of nitriles is 1. The highest BCUT2D eigenvalue weighted by Crippen LogP contribution is 2.25. The molecule has 3 nitrogen and oxygen atoms in total. The van der Waals surface area contributed by atoms with Gasteiger partial charge in [-0.15, -0.1) is 11.3 Å². The van der Waals surface area contributed by atoms with Gasteiger partial charge in [0, 0.05) is 28.3 Å². The van der Waals surface area contributed by atoms with Gasteiger partial charge >= 0.3 is 0 Å². The van der Waals surface area contributed by atoms with Gasteiger partial charge in [-0.05, 0) is 46.2 Å². The summed E-state index contributed by atoms with van der Waals surface area (Å²) in [5, 5.41) is 14.7. The lowest BCUT2D eigenvalue weighted by Gasteiger charge is -2.20. The Morgan fingerprint density at radius 3 is 2.81 bits per heavy atom. The van der Waals surface area contributed by atoms with Gasteiger partial charge in [-0.1, -0.05) is 13.0 Å². The van der Waals surface area contributed by atoms with Crippen LogP contribution in [-0.4, -0.2) is 13.6 Å². The van der Waals surface area contributed by atoms with Crippen LogP contribution in [0.15, 0.2) is 34.1 Å². The van der Waals surface area contributed by atoms with Gasteiger partial charge in [0.2, 0.25) is 0 Å². The summed E-state index contributed by atoms with van der Waals surface area (Å²) >= 11 is 5.19. The third-order valence-electron chi connectivity index (χ3n) is 3.19. The molecule has 0 aliphatic rings. The van der Waals surface area contributed by atoms with Crippen molar-refractivity contribution < 1.29 is 0 Å². The van der Waals surface area contributed by atoms with Crippen LogP contribution in [0.25, 0.3) is 0 Å². The molecule has 2 aromatic rings. The van der Waals surface area contributed by atoms with Crippen LogP contribution in [0.1, 0.15) is 22.9 Å². The van der Waals surface area contributed by atoms with Gasteiger partial charge in [-0.25, -0.2) is 0 Å². The first-order valence-electron chi connectivity index (χ1n) is 6.81. The van der Waals surface area contributed by atoms with E-state index >= 15 is 0 Å². The molecule has 0 amide bonds. The lowest BCUT2D eigenvalue weighted by atomic mass is 10.1. The van der Waals surface area contributed by atoms with Gasteiger partial charge in [0.1, 0.15) is 6.07 Å². The Kier molecular flexibility index (Phi) is 5.80. The molecule has 1 aromatic carbocycles. The maximum atomic E-state index is 9.39. The number of thiophene rings is 1. The summed E-state index contributed by atoms with van der Waals surface area (Å²) < 4.78 is 1.11. The second-order valence-corrected chi connectivity index (χ2v) is 6.74. The highest BCUT2D eigenvalue weighted by atomic mass is 79.9. The van der Waals surface area contributed by atoms with Gasteiger partial charge in [-0.3, -0.25) is 0 Å². The number of hydrogen-bond acceptors (Lipinski definition) is 4. The summed E-state index contributed by atoms with van der Waals surface area (Å²) in [5.41, 5.74) is 2.84. The van der Waals surface area contributed by atoms with E-state index in [9.17, 15) is 5.26 Å². The smallest absolute Gasteiger partial charge is 0.101 e. The van der Waals surface area contributed by atoms with Crippen LogP contribution < -0.4 is 10.2 Å². The molecule has 0 aliphatic carbocycles. The van der Waals surface area contributed by atoms with E-state index in [4.69, 9.17) is 0 Å². The number of nitrogens with zero attached hydrogens (tertiary/aromatic N) is 2. The SMILES string of the molecule is CCNCc1ccc(N(C)Cc2cc(Br)cs2)c(C#N)c1. The van der Waals surface area contributed by atoms with Crippen molar-refractivity contribution in [2.75, 3.05) is 18.5 Å². The fourth-order valence-corrected chi connectivity index (χ4v) is 3.64. The molecule has 1 aromatic heterocycles. The number of nitrogens with one attached hydrogen (secondary N) is 1. The van der Waals surface area contributed by atoms with Crippen LogP contribution in [0.5, 0.6) is 0 Å². The molecule has 0 fully saturated rings. The Labute approximate surface area is 138 Å². The Bertz CT molecular complexity index is 645. The largest absolute Gasteiger partial charge is 0.368 e. The van der Waals surface area contributed by atoms with E-state index in [-0.39, 0.29) is 0 Å². The zero-order valence-corrected chi connectivity index (χ0v) is 14.6. The van der Waals surface area contributed by atoms with Gasteiger partial charge < -0.3 is 10.2 Å². The Balaban J connectivity index is 2.16. The molecular formula is C16H18BrN3S. The summed E-state index contributed by atoms with van der Waals surface area (Å²) in [6.07, 6.45) is 0. The Hall–Kier alpha value is -1.35. The van der Waals surface area contributed by atoms with Crippen LogP contribution in [0.2, 0.25) is 0 Å². The van der Waals surface area contributed by atoms with Crippen molar-refractivity contribution in [2.45, 2.75) is 20.0 Å². The van der Waals surface area contributed by atoms with Crippen LogP contribution in [-0.2, 0) is 13.1 Å². The molecule has 0 aliphatic heterocycles. The fraction of sp³-hybridized carbons (Fsp3) is 0.312. The van der Waals surface area contributed by atoms with Gasteiger partial charge in [0.15, 0.2) is 0 Å². The van der Waals surface area contributed by atoms with E-state index in [1.165, 1.54) is 4.88 Å². The lowest BCUT2D eigenvalue weighted by Crippen LogP contribution is -2.17. The predicted octanol–water partition coefficient (Wildman–Crippen LogP) is 4.13. The van der Waals surface area contributed by atoms with Crippen molar-refractivity contribution in [1.29, 1.82) is 5.26 Å². The summed E-state index contributed by atoms with van der Waals surface area (Å²) in [6, 6.07) is 10.5. The number of hydrogen-bond donors (Lipinski definition) is 1. The molecule has 0 saturated carbocycles. The van der Waals surface area contributed by atoms with E-state index in [2.05, 4.69) is 56.7 Å². The summed E-state index contributed by atoms with van der Waals surface area (Å²) in [5.74, 6) is 0. The van der Waals surface area contributed by atoms with Crippen molar-refractivity contribution >= 4 is 33.0 Å². The first kappa shape index (κ1) is 16.0. The van der Waals surface area contributed by atoms with Crippen LogP contribution in [0, 0.1) is 11.3 Å². The zero-order valence-electron chi connectivity index (χ0n) is 12.2. The summed E-state index contributed by atoms with van der Waals surface area (Å²) in [4.78, 5) is 3.39. The molecule has 0 saturated heterocycles. The van der Waals surface area contributed by atoms with Crippen molar-refractivity contribution in [1.82, 2.24) is 5.32 Å². The lowest BCUT2D eigenvalue weighted by molar-refractivity contribution is 0.726. The summed E-state index contributed by atoms with van der Waals surface area (Å²) in [6.45, 7) is 4.61. The van der Waals surface area contributed by atoms with Gasteiger partial charge in [0.05, 0.1) is 17.8 Å². The van der Waals surface area contributed by atoms with E-state index in [1.54, 1.807) is 11.3 Å². The van der Waals surface area contributed by atoms with Gasteiger partial charge in [0.25, 0.3) is 0 Å². The topological polar surface area (TPSA) is 39.1 Å². The van der Waals surface area contributed by atoms with E-state index in [0.29, 0.717) is 0 Å². The maximum Gasteiger partial charge on any atom is 0.101 e. The minimum Gasteiger partial charge on any atom is -0.368 e. The number of anilines is 1. The van der Waals surface area contributed by atoms with Crippen molar-refractivity contribution in [2.24, 2.45) is 0 Å². The van der Waals surface area contributed by atoms with Crippen molar-refractivity contribution in [3.05, 3.63) is 50.1 Å². The molecule has 1 N–H and O–H groups in total. The first-order valence-corrected chi connectivity index (χ1v) is 8.49. The number of rotatable bonds is 6. The second kappa shape index (κ2) is 7.60. The molecule has 0 unspecified atom stereocenters. The fourth-order valence-electron chi connectivity index (χ4n) is 2.14. The average molecular weight is 364 g/mol. The van der Waals surface area contributed by atoms with Crippen LogP contribution in [0.4, 0.5) is 5.69 Å². The van der Waals surface area contributed by atoms with E-state index < -0.39 is 0 Å². The van der Waals surface area contributed by atoms with Crippen LogP contribution >= 0.6 is 27.3 Å². The monoisotopic (exact) mass is 363 g/mol. The standard InChI is InChI=1S/C16H18BrN3S/c1-3-19-9-12-4-5-16(13(6-12)8-18)20(2)10-15-7-14(17)11-21-15/h4-7,11,19H,3,9-10H2,1-2H3. The molecule has 0 atom stereocenters. The normalized spacial score (nSPS) is 10.4. The Morgan fingerprint density at radius 1 is 1.38 bits per heavy atom. The average Bonchev–Trinajstić information content (AvgIpc) is 2.89. The zero-order chi connectivity index (χ0) is 15.2. The molecule has 21 heavy (non-hydrogen) atoms. The molecule has 0 bridgehead atoms. The van der Waals surface area contributed by atoms with Crippen molar-refractivity contribution in [3.8, 4) is 6.07 Å². The summed E-state index contributed by atoms with van der Waals surface area (Å²) in [7, 11) is 2.02. The molecule has 0 spiro atoms. The number of halogens is 1. The van der Waals surface area contributed by atoms with Gasteiger partial charge in [-0.2, -0.15) is 5.26 Å². The highest BCUT2D eigenvalue weighted by Gasteiger charge is 2.10. The highest BCUT2D eigenvalue weighted by molar-refractivity contribution is 9.10. The maximum absolute atomic E-state index is 9.39. The third kappa shape index (κ3) is 4.31. The molecule has 110 valence electrons. The molecular weight excluding hydrogens is 346 g/mol. The molecule has 0 radical (unpaired) electrons. The molecule has 2 rings (SSSR count). The predicted molar refractivity (Wildman–Crippen MR) is 92.7 cm³/mol. The molecule has 5 heteroatoms. The second-order valence-electron chi connectivity index (χ2n) is 4.83. The minimum atomic E-state index is 0.725. The first-order chi connectivity index (χ1) is 10.1. The minimum absolute atomic E-state index is 0.725. The quantitative estimate of drug-likeness (QED) is 0.838. The Morgan fingerprint density at radius 2 is 2.19 bits per heavy atom. The molecule has 1 heterocycles. The van der Waals surface area contributed by atoms with Crippen LogP contribution in [0.3, 0.4) is 0 Å². The number of benzene rings is 1. The third-order valence-corrected chi connectivity index (χ3v) is 4.87.